The summed E-state index contributed by atoms with van der Waals surface area (Å²) in [6.07, 6.45) is -4.51. The molecule has 2 aromatic carbocycles. The molecule has 2 amide bonds. The summed E-state index contributed by atoms with van der Waals surface area (Å²) < 4.78 is 39.2. The van der Waals surface area contributed by atoms with Gasteiger partial charge in [-0.05, 0) is 57.0 Å². The molecule has 0 saturated carbocycles. The van der Waals surface area contributed by atoms with Crippen LogP contribution in [0.15, 0.2) is 48.2 Å². The number of benzene rings is 2. The van der Waals surface area contributed by atoms with Crippen molar-refractivity contribution in [3.8, 4) is 0 Å². The molecule has 0 atom stereocenters. The summed E-state index contributed by atoms with van der Waals surface area (Å²) in [5, 5.41) is 2.78. The Balaban J connectivity index is 2.14. The lowest BCUT2D eigenvalue weighted by atomic mass is 9.97. The number of anilines is 1. The molecule has 1 aliphatic heterocycles. The zero-order valence-electron chi connectivity index (χ0n) is 16.5. The maximum atomic E-state index is 13.1. The molecule has 4 nitrogen and oxygen atoms in total. The van der Waals surface area contributed by atoms with Gasteiger partial charge in [-0.1, -0.05) is 29.8 Å². The fourth-order valence-electron chi connectivity index (χ4n) is 3.39. The summed E-state index contributed by atoms with van der Waals surface area (Å²) in [7, 11) is 0. The second-order valence-corrected chi connectivity index (χ2v) is 7.35. The molecular formula is C22H21F3N2O2. The molecule has 0 fully saturated rings. The summed E-state index contributed by atoms with van der Waals surface area (Å²) in [6, 6.07) is 9.63. The van der Waals surface area contributed by atoms with Gasteiger partial charge in [0.2, 0.25) is 0 Å². The molecule has 0 aromatic heterocycles. The predicted octanol–water partition coefficient (Wildman–Crippen LogP) is 4.92. The lowest BCUT2D eigenvalue weighted by molar-refractivity contribution is -0.139. The topological polar surface area (TPSA) is 49.4 Å². The van der Waals surface area contributed by atoms with Crippen LogP contribution in [0.3, 0.4) is 0 Å². The van der Waals surface area contributed by atoms with Crippen molar-refractivity contribution in [3.63, 3.8) is 0 Å². The average molecular weight is 402 g/mol. The maximum Gasteiger partial charge on any atom is 0.416 e. The molecule has 1 heterocycles. The second-order valence-electron chi connectivity index (χ2n) is 7.35. The molecule has 0 radical (unpaired) electrons. The highest BCUT2D eigenvalue weighted by Gasteiger charge is 2.41. The van der Waals surface area contributed by atoms with E-state index in [1.54, 1.807) is 19.9 Å². The quantitative estimate of drug-likeness (QED) is 0.739. The first-order valence-corrected chi connectivity index (χ1v) is 9.14. The SMILES string of the molecule is Cc1ccc(C2=C(Nc3cccc(C(F)(F)F)c3)C(=O)N(C(C)C)C2=O)c(C)c1. The Hall–Kier alpha value is -3.09. The van der Waals surface area contributed by atoms with Crippen molar-refractivity contribution in [2.45, 2.75) is 39.9 Å². The number of halogens is 3. The highest BCUT2D eigenvalue weighted by molar-refractivity contribution is 6.36. The third-order valence-corrected chi connectivity index (χ3v) is 4.74. The van der Waals surface area contributed by atoms with Gasteiger partial charge in [0.15, 0.2) is 0 Å². The number of imide groups is 1. The fourth-order valence-corrected chi connectivity index (χ4v) is 3.39. The van der Waals surface area contributed by atoms with Gasteiger partial charge in [0, 0.05) is 11.7 Å². The van der Waals surface area contributed by atoms with E-state index in [1.807, 2.05) is 26.0 Å². The van der Waals surface area contributed by atoms with Crippen LogP contribution in [0, 0.1) is 13.8 Å². The first-order valence-electron chi connectivity index (χ1n) is 9.14. The molecule has 0 aliphatic carbocycles. The monoisotopic (exact) mass is 402 g/mol. The predicted molar refractivity (Wildman–Crippen MR) is 105 cm³/mol. The van der Waals surface area contributed by atoms with E-state index in [2.05, 4.69) is 5.32 Å². The molecular weight excluding hydrogens is 381 g/mol. The van der Waals surface area contributed by atoms with Gasteiger partial charge in [-0.2, -0.15) is 13.2 Å². The molecule has 7 heteroatoms. The molecule has 0 saturated heterocycles. The van der Waals surface area contributed by atoms with Crippen LogP contribution in [0.5, 0.6) is 0 Å². The van der Waals surface area contributed by atoms with Crippen LogP contribution >= 0.6 is 0 Å². The molecule has 1 aliphatic rings. The van der Waals surface area contributed by atoms with Gasteiger partial charge in [0.25, 0.3) is 11.8 Å². The van der Waals surface area contributed by atoms with Crippen molar-refractivity contribution in [2.24, 2.45) is 0 Å². The molecule has 29 heavy (non-hydrogen) atoms. The number of amides is 2. The molecule has 1 N–H and O–H groups in total. The van der Waals surface area contributed by atoms with Crippen molar-refractivity contribution in [3.05, 3.63) is 70.4 Å². The smallest absolute Gasteiger partial charge is 0.350 e. The summed E-state index contributed by atoms with van der Waals surface area (Å²) in [5.41, 5.74) is 1.77. The van der Waals surface area contributed by atoms with E-state index >= 15 is 0 Å². The number of aryl methyl sites for hydroxylation is 2. The molecule has 0 bridgehead atoms. The van der Waals surface area contributed by atoms with Gasteiger partial charge < -0.3 is 5.32 Å². The van der Waals surface area contributed by atoms with E-state index in [1.165, 1.54) is 12.1 Å². The van der Waals surface area contributed by atoms with Crippen molar-refractivity contribution in [1.29, 1.82) is 0 Å². The van der Waals surface area contributed by atoms with E-state index < -0.39 is 29.6 Å². The number of hydrogen-bond acceptors (Lipinski definition) is 3. The first-order chi connectivity index (χ1) is 13.5. The summed E-state index contributed by atoms with van der Waals surface area (Å²) in [4.78, 5) is 27.1. The number of nitrogens with zero attached hydrogens (tertiary/aromatic N) is 1. The van der Waals surface area contributed by atoms with Crippen LogP contribution in [0.1, 0.15) is 36.1 Å². The zero-order valence-corrected chi connectivity index (χ0v) is 16.5. The van der Waals surface area contributed by atoms with Crippen LogP contribution < -0.4 is 5.32 Å². The molecule has 152 valence electrons. The highest BCUT2D eigenvalue weighted by atomic mass is 19.4. The first kappa shape index (κ1) is 20.6. The Bertz CT molecular complexity index is 1020. The molecule has 2 aromatic rings. The third kappa shape index (κ3) is 3.90. The highest BCUT2D eigenvalue weighted by Crippen LogP contribution is 2.35. The van der Waals surface area contributed by atoms with Crippen LogP contribution in [-0.2, 0) is 15.8 Å². The number of hydrogen-bond donors (Lipinski definition) is 1. The molecule has 0 spiro atoms. The van der Waals surface area contributed by atoms with Gasteiger partial charge in [0.05, 0.1) is 11.1 Å². The van der Waals surface area contributed by atoms with E-state index in [0.29, 0.717) is 5.56 Å². The van der Waals surface area contributed by atoms with Crippen LogP contribution in [0.25, 0.3) is 5.57 Å². The fraction of sp³-hybridized carbons (Fsp3) is 0.273. The lowest BCUT2D eigenvalue weighted by Gasteiger charge is -2.19. The van der Waals surface area contributed by atoms with E-state index in [-0.39, 0.29) is 17.0 Å². The number of carbonyl (C=O) groups is 2. The number of alkyl halides is 3. The van der Waals surface area contributed by atoms with Crippen LogP contribution in [0.4, 0.5) is 18.9 Å². The van der Waals surface area contributed by atoms with E-state index in [4.69, 9.17) is 0 Å². The number of nitrogens with one attached hydrogen (secondary N) is 1. The largest absolute Gasteiger partial charge is 0.416 e. The normalized spacial score (nSPS) is 15.0. The Labute approximate surface area is 167 Å². The average Bonchev–Trinajstić information content (AvgIpc) is 2.85. The van der Waals surface area contributed by atoms with Crippen LogP contribution in [0.2, 0.25) is 0 Å². The van der Waals surface area contributed by atoms with Gasteiger partial charge in [-0.25, -0.2) is 0 Å². The number of rotatable bonds is 4. The van der Waals surface area contributed by atoms with Gasteiger partial charge in [-0.3, -0.25) is 14.5 Å². The minimum atomic E-state index is -4.51. The summed E-state index contributed by atoms with van der Waals surface area (Å²) in [6.45, 7) is 7.16. The lowest BCUT2D eigenvalue weighted by Crippen LogP contribution is -2.38. The van der Waals surface area contributed by atoms with Gasteiger partial charge in [-0.15, -0.1) is 0 Å². The van der Waals surface area contributed by atoms with Crippen molar-refractivity contribution >= 4 is 23.1 Å². The zero-order chi connectivity index (χ0) is 21.5. The Kier molecular flexibility index (Phi) is 5.26. The standard InChI is InChI=1S/C22H21F3N2O2/c1-12(2)27-20(28)18(17-9-8-13(3)10-14(17)4)19(21(27)29)26-16-7-5-6-15(11-16)22(23,24)25/h5-12,26H,1-4H3. The Morgan fingerprint density at radius 1 is 0.966 bits per heavy atom. The van der Waals surface area contributed by atoms with E-state index in [9.17, 15) is 22.8 Å². The minimum Gasteiger partial charge on any atom is -0.350 e. The summed E-state index contributed by atoms with van der Waals surface area (Å²) >= 11 is 0. The Morgan fingerprint density at radius 3 is 2.24 bits per heavy atom. The second kappa shape index (κ2) is 7.39. The molecule has 0 unspecified atom stereocenters. The van der Waals surface area contributed by atoms with Gasteiger partial charge >= 0.3 is 6.18 Å². The van der Waals surface area contributed by atoms with Crippen molar-refractivity contribution < 1.29 is 22.8 Å². The Morgan fingerprint density at radius 2 is 1.66 bits per heavy atom. The summed E-state index contributed by atoms with van der Waals surface area (Å²) in [5.74, 6) is -1.02. The van der Waals surface area contributed by atoms with Crippen molar-refractivity contribution in [1.82, 2.24) is 4.90 Å². The van der Waals surface area contributed by atoms with E-state index in [0.717, 1.165) is 28.2 Å². The molecule has 3 rings (SSSR count). The number of carbonyl (C=O) groups excluding carboxylic acids is 2. The maximum absolute atomic E-state index is 13.1. The van der Waals surface area contributed by atoms with Gasteiger partial charge in [0.1, 0.15) is 5.70 Å². The van der Waals surface area contributed by atoms with Crippen LogP contribution in [-0.4, -0.2) is 22.8 Å². The minimum absolute atomic E-state index is 0.0185. The third-order valence-electron chi connectivity index (χ3n) is 4.74. The van der Waals surface area contributed by atoms with Crippen molar-refractivity contribution in [2.75, 3.05) is 5.32 Å².